The van der Waals surface area contributed by atoms with Crippen LogP contribution in [-0.2, 0) is 0 Å². The third kappa shape index (κ3) is 3.94. The van der Waals surface area contributed by atoms with Crippen LogP contribution in [-0.4, -0.2) is 27.7 Å². The molecule has 78 valence electrons. The van der Waals surface area contributed by atoms with Gasteiger partial charge in [-0.05, 0) is 43.8 Å². The van der Waals surface area contributed by atoms with E-state index in [0.717, 1.165) is 10.4 Å². The molecule has 1 aromatic heterocycles. The van der Waals surface area contributed by atoms with Crippen molar-refractivity contribution in [2.24, 2.45) is 0 Å². The SMILES string of the molecule is c1nsc(SCCCCNC2CC2)n1. The third-order valence-electron chi connectivity index (χ3n) is 2.15. The molecular weight excluding hydrogens is 214 g/mol. The van der Waals surface area contributed by atoms with Gasteiger partial charge in [0.25, 0.3) is 0 Å². The fourth-order valence-corrected chi connectivity index (χ4v) is 2.72. The molecule has 1 aromatic rings. The highest BCUT2D eigenvalue weighted by Gasteiger charge is 2.19. The summed E-state index contributed by atoms with van der Waals surface area (Å²) in [5, 5.41) is 3.52. The number of hydrogen-bond donors (Lipinski definition) is 1. The zero-order valence-electron chi connectivity index (χ0n) is 8.11. The van der Waals surface area contributed by atoms with E-state index in [1.807, 2.05) is 11.8 Å². The number of unbranched alkanes of at least 4 members (excludes halogenated alkanes) is 1. The van der Waals surface area contributed by atoms with Gasteiger partial charge in [-0.15, -0.1) is 0 Å². The van der Waals surface area contributed by atoms with Crippen LogP contribution in [0.1, 0.15) is 25.7 Å². The van der Waals surface area contributed by atoms with Gasteiger partial charge in [0.05, 0.1) is 0 Å². The Morgan fingerprint density at radius 2 is 2.43 bits per heavy atom. The molecule has 0 aliphatic heterocycles. The molecule has 0 unspecified atom stereocenters. The molecule has 1 fully saturated rings. The Hall–Kier alpha value is -0.130. The van der Waals surface area contributed by atoms with Crippen LogP contribution in [0.2, 0.25) is 0 Å². The Morgan fingerprint density at radius 1 is 1.50 bits per heavy atom. The van der Waals surface area contributed by atoms with E-state index in [2.05, 4.69) is 14.7 Å². The van der Waals surface area contributed by atoms with E-state index in [-0.39, 0.29) is 0 Å². The second-order valence-electron chi connectivity index (χ2n) is 3.49. The van der Waals surface area contributed by atoms with Crippen molar-refractivity contribution < 1.29 is 0 Å². The minimum Gasteiger partial charge on any atom is -0.314 e. The lowest BCUT2D eigenvalue weighted by Gasteiger charge is -2.01. The van der Waals surface area contributed by atoms with Crippen molar-refractivity contribution in [1.82, 2.24) is 14.7 Å². The monoisotopic (exact) mass is 229 g/mol. The van der Waals surface area contributed by atoms with Gasteiger partial charge in [0, 0.05) is 11.8 Å². The van der Waals surface area contributed by atoms with Crippen LogP contribution < -0.4 is 5.32 Å². The first-order valence-electron chi connectivity index (χ1n) is 5.08. The number of hydrogen-bond acceptors (Lipinski definition) is 5. The lowest BCUT2D eigenvalue weighted by atomic mass is 10.3. The van der Waals surface area contributed by atoms with Gasteiger partial charge in [-0.25, -0.2) is 4.98 Å². The quantitative estimate of drug-likeness (QED) is 0.574. The van der Waals surface area contributed by atoms with Crippen molar-refractivity contribution in [2.45, 2.75) is 36.1 Å². The van der Waals surface area contributed by atoms with Crippen LogP contribution >= 0.6 is 23.3 Å². The Morgan fingerprint density at radius 3 is 3.14 bits per heavy atom. The van der Waals surface area contributed by atoms with Crippen molar-refractivity contribution in [3.63, 3.8) is 0 Å². The average molecular weight is 229 g/mol. The lowest BCUT2D eigenvalue weighted by molar-refractivity contribution is 0.640. The Balaban J connectivity index is 1.43. The summed E-state index contributed by atoms with van der Waals surface area (Å²) in [6, 6.07) is 0.853. The van der Waals surface area contributed by atoms with Crippen LogP contribution in [0.5, 0.6) is 0 Å². The summed E-state index contributed by atoms with van der Waals surface area (Å²) in [6.07, 6.45) is 6.95. The number of nitrogens with zero attached hydrogens (tertiary/aromatic N) is 2. The molecular formula is C9H15N3S2. The van der Waals surface area contributed by atoms with Crippen molar-refractivity contribution in [1.29, 1.82) is 0 Å². The van der Waals surface area contributed by atoms with Gasteiger partial charge in [-0.1, -0.05) is 11.8 Å². The number of nitrogens with one attached hydrogen (secondary N) is 1. The second-order valence-corrected chi connectivity index (χ2v) is 5.61. The van der Waals surface area contributed by atoms with Crippen LogP contribution in [0.4, 0.5) is 0 Å². The van der Waals surface area contributed by atoms with Gasteiger partial charge in [0.1, 0.15) is 6.33 Å². The topological polar surface area (TPSA) is 37.8 Å². The van der Waals surface area contributed by atoms with E-state index < -0.39 is 0 Å². The zero-order chi connectivity index (χ0) is 9.64. The summed E-state index contributed by atoms with van der Waals surface area (Å²) in [5.41, 5.74) is 0. The molecule has 0 spiro atoms. The van der Waals surface area contributed by atoms with Crippen molar-refractivity contribution in [3.8, 4) is 0 Å². The van der Waals surface area contributed by atoms with Crippen molar-refractivity contribution in [2.75, 3.05) is 12.3 Å². The van der Waals surface area contributed by atoms with E-state index in [9.17, 15) is 0 Å². The molecule has 1 heterocycles. The smallest absolute Gasteiger partial charge is 0.169 e. The number of rotatable bonds is 7. The summed E-state index contributed by atoms with van der Waals surface area (Å²) >= 11 is 3.31. The summed E-state index contributed by atoms with van der Waals surface area (Å²) in [7, 11) is 0. The van der Waals surface area contributed by atoms with Gasteiger partial charge >= 0.3 is 0 Å². The van der Waals surface area contributed by atoms with Gasteiger partial charge in [-0.3, -0.25) is 0 Å². The molecule has 0 radical (unpaired) electrons. The van der Waals surface area contributed by atoms with Crippen molar-refractivity contribution in [3.05, 3.63) is 6.33 Å². The summed E-state index contributed by atoms with van der Waals surface area (Å²) in [6.45, 7) is 1.18. The Labute approximate surface area is 92.9 Å². The van der Waals surface area contributed by atoms with E-state index >= 15 is 0 Å². The molecule has 0 amide bonds. The summed E-state index contributed by atoms with van der Waals surface area (Å²) in [4.78, 5) is 4.13. The molecule has 1 aliphatic carbocycles. The van der Waals surface area contributed by atoms with Crippen LogP contribution in [0.3, 0.4) is 0 Å². The maximum absolute atomic E-state index is 4.13. The Bertz CT molecular complexity index is 247. The van der Waals surface area contributed by atoms with E-state index in [1.54, 1.807) is 6.33 Å². The first kappa shape index (κ1) is 10.4. The molecule has 0 saturated heterocycles. The van der Waals surface area contributed by atoms with Crippen LogP contribution in [0, 0.1) is 0 Å². The molecule has 0 atom stereocenters. The molecule has 1 N–H and O–H groups in total. The van der Waals surface area contributed by atoms with Crippen molar-refractivity contribution >= 4 is 23.3 Å². The molecule has 0 bridgehead atoms. The third-order valence-corrected chi connectivity index (χ3v) is 4.03. The molecule has 14 heavy (non-hydrogen) atoms. The standard InChI is InChI=1S/C9H15N3S2/c1(5-10-8-3-4-8)2-6-13-9-11-7-12-14-9/h7-8,10H,1-6H2. The van der Waals surface area contributed by atoms with Crippen LogP contribution in [0.25, 0.3) is 0 Å². The average Bonchev–Trinajstić information content (AvgIpc) is 2.87. The van der Waals surface area contributed by atoms with Crippen LogP contribution in [0.15, 0.2) is 10.7 Å². The molecule has 5 heteroatoms. The Kier molecular flexibility index (Phi) is 4.21. The highest BCUT2D eigenvalue weighted by Crippen LogP contribution is 2.20. The highest BCUT2D eigenvalue weighted by atomic mass is 32.2. The predicted octanol–water partition coefficient (Wildman–Crippen LogP) is 2.16. The maximum atomic E-state index is 4.13. The van der Waals surface area contributed by atoms with Gasteiger partial charge in [-0.2, -0.15) is 4.37 Å². The largest absolute Gasteiger partial charge is 0.314 e. The first-order valence-corrected chi connectivity index (χ1v) is 6.84. The molecule has 1 saturated carbocycles. The first-order chi connectivity index (χ1) is 6.95. The minimum absolute atomic E-state index is 0.853. The minimum atomic E-state index is 0.853. The maximum Gasteiger partial charge on any atom is 0.169 e. The van der Waals surface area contributed by atoms with Gasteiger partial charge < -0.3 is 5.32 Å². The highest BCUT2D eigenvalue weighted by molar-refractivity contribution is 8.00. The lowest BCUT2D eigenvalue weighted by Crippen LogP contribution is -2.17. The number of aromatic nitrogens is 2. The van der Waals surface area contributed by atoms with E-state index in [4.69, 9.17) is 0 Å². The van der Waals surface area contributed by atoms with Gasteiger partial charge in [0.15, 0.2) is 4.34 Å². The van der Waals surface area contributed by atoms with E-state index in [0.29, 0.717) is 0 Å². The van der Waals surface area contributed by atoms with Gasteiger partial charge in [0.2, 0.25) is 0 Å². The zero-order valence-corrected chi connectivity index (χ0v) is 9.74. The molecule has 2 rings (SSSR count). The van der Waals surface area contributed by atoms with E-state index in [1.165, 1.54) is 49.5 Å². The molecule has 1 aliphatic rings. The summed E-state index contributed by atoms with van der Waals surface area (Å²) in [5.74, 6) is 1.17. The molecule has 3 nitrogen and oxygen atoms in total. The fraction of sp³-hybridized carbons (Fsp3) is 0.778. The summed E-state index contributed by atoms with van der Waals surface area (Å²) < 4.78 is 5.06. The number of thioether (sulfide) groups is 1. The predicted molar refractivity (Wildman–Crippen MR) is 60.9 cm³/mol. The fourth-order valence-electron chi connectivity index (χ4n) is 1.21. The molecule has 0 aromatic carbocycles. The normalized spacial score (nSPS) is 16.0. The second kappa shape index (κ2) is 5.68.